The Hall–Kier alpha value is -4.13. The lowest BCUT2D eigenvalue weighted by Gasteiger charge is -2.16. The van der Waals surface area contributed by atoms with E-state index in [1.807, 2.05) is 56.3 Å². The van der Waals surface area contributed by atoms with Gasteiger partial charge in [-0.1, -0.05) is 18.2 Å². The minimum Gasteiger partial charge on any atom is -0.494 e. The van der Waals surface area contributed by atoms with Gasteiger partial charge in [0, 0.05) is 37.9 Å². The van der Waals surface area contributed by atoms with Crippen LogP contribution in [0.3, 0.4) is 0 Å². The van der Waals surface area contributed by atoms with Crippen molar-refractivity contribution in [2.45, 2.75) is 13.5 Å². The van der Waals surface area contributed by atoms with Crippen LogP contribution in [0.25, 0.3) is 5.57 Å². The summed E-state index contributed by atoms with van der Waals surface area (Å²) in [4.78, 5) is 34.1. The van der Waals surface area contributed by atoms with E-state index in [-0.39, 0.29) is 24.1 Å². The van der Waals surface area contributed by atoms with Gasteiger partial charge in [0.15, 0.2) is 0 Å². The molecule has 0 saturated carbocycles. The van der Waals surface area contributed by atoms with E-state index in [2.05, 4.69) is 10.3 Å². The SMILES string of the molecule is CCOc1ccc(C2=C(Nc3ccc(N(C)C)cc3)C(=O)N(Cc3cccnc3)C2=O)cc1. The molecule has 0 bridgehead atoms. The number of hydrogen-bond acceptors (Lipinski definition) is 6. The summed E-state index contributed by atoms with van der Waals surface area (Å²) >= 11 is 0. The Kier molecular flexibility index (Phi) is 6.40. The number of nitrogens with one attached hydrogen (secondary N) is 1. The largest absolute Gasteiger partial charge is 0.494 e. The number of carbonyl (C=O) groups excluding carboxylic acids is 2. The van der Waals surface area contributed by atoms with Gasteiger partial charge in [0.05, 0.1) is 18.7 Å². The van der Waals surface area contributed by atoms with Crippen LogP contribution in [-0.4, -0.2) is 42.4 Å². The highest BCUT2D eigenvalue weighted by atomic mass is 16.5. The standard InChI is InChI=1S/C26H26N4O3/c1-4-33-22-13-7-19(8-14-22)23-24(28-20-9-11-21(12-10-20)29(2)3)26(32)30(25(23)31)17-18-6-5-15-27-16-18/h5-16,28H,4,17H2,1-3H3. The Bertz CT molecular complexity index is 1170. The molecule has 2 aromatic carbocycles. The van der Waals surface area contributed by atoms with Crippen molar-refractivity contribution in [3.05, 3.63) is 89.9 Å². The van der Waals surface area contributed by atoms with E-state index in [4.69, 9.17) is 4.74 Å². The summed E-state index contributed by atoms with van der Waals surface area (Å²) in [6.45, 7) is 2.61. The van der Waals surface area contributed by atoms with E-state index in [0.29, 0.717) is 23.5 Å². The van der Waals surface area contributed by atoms with Crippen molar-refractivity contribution >= 4 is 28.8 Å². The van der Waals surface area contributed by atoms with Crippen LogP contribution in [0.4, 0.5) is 11.4 Å². The number of nitrogens with zero attached hydrogens (tertiary/aromatic N) is 3. The molecule has 3 aromatic rings. The number of imide groups is 1. The summed E-state index contributed by atoms with van der Waals surface area (Å²) < 4.78 is 5.52. The molecule has 33 heavy (non-hydrogen) atoms. The van der Waals surface area contributed by atoms with Crippen LogP contribution < -0.4 is 15.0 Å². The van der Waals surface area contributed by atoms with Crippen LogP contribution in [0.1, 0.15) is 18.1 Å². The Labute approximate surface area is 193 Å². The van der Waals surface area contributed by atoms with Crippen molar-refractivity contribution in [1.29, 1.82) is 0 Å². The highest BCUT2D eigenvalue weighted by Crippen LogP contribution is 2.32. The first-order valence-corrected chi connectivity index (χ1v) is 10.7. The molecule has 2 amide bonds. The van der Waals surface area contributed by atoms with Crippen LogP contribution in [0.15, 0.2) is 78.8 Å². The lowest BCUT2D eigenvalue weighted by atomic mass is 10.0. The van der Waals surface area contributed by atoms with Gasteiger partial charge in [0.2, 0.25) is 0 Å². The fourth-order valence-electron chi connectivity index (χ4n) is 3.65. The number of carbonyl (C=O) groups is 2. The molecule has 1 aromatic heterocycles. The highest BCUT2D eigenvalue weighted by Gasteiger charge is 2.39. The number of pyridine rings is 1. The highest BCUT2D eigenvalue weighted by molar-refractivity contribution is 6.36. The zero-order valence-corrected chi connectivity index (χ0v) is 18.9. The number of amides is 2. The van der Waals surface area contributed by atoms with Crippen molar-refractivity contribution in [1.82, 2.24) is 9.88 Å². The van der Waals surface area contributed by atoms with Gasteiger partial charge in [0.25, 0.3) is 11.8 Å². The van der Waals surface area contributed by atoms with Gasteiger partial charge in [0.1, 0.15) is 11.4 Å². The molecule has 0 saturated heterocycles. The molecular weight excluding hydrogens is 416 g/mol. The molecule has 0 spiro atoms. The van der Waals surface area contributed by atoms with Gasteiger partial charge >= 0.3 is 0 Å². The number of benzene rings is 2. The molecule has 0 atom stereocenters. The average Bonchev–Trinajstić information content (AvgIpc) is 3.05. The Morgan fingerprint density at radius 2 is 1.70 bits per heavy atom. The molecule has 7 nitrogen and oxygen atoms in total. The molecule has 1 N–H and O–H groups in total. The molecule has 0 fully saturated rings. The van der Waals surface area contributed by atoms with Gasteiger partial charge in [-0.25, -0.2) is 0 Å². The molecule has 2 heterocycles. The molecule has 4 rings (SSSR count). The van der Waals surface area contributed by atoms with E-state index in [1.54, 1.807) is 42.7 Å². The van der Waals surface area contributed by atoms with Gasteiger partial charge in [-0.2, -0.15) is 0 Å². The number of ether oxygens (including phenoxy) is 1. The van der Waals surface area contributed by atoms with Crippen molar-refractivity contribution in [3.8, 4) is 5.75 Å². The van der Waals surface area contributed by atoms with E-state index in [0.717, 1.165) is 16.9 Å². The lowest BCUT2D eigenvalue weighted by molar-refractivity contribution is -0.137. The molecule has 1 aliphatic rings. The Balaban J connectivity index is 1.70. The monoisotopic (exact) mass is 442 g/mol. The van der Waals surface area contributed by atoms with Crippen molar-refractivity contribution in [2.75, 3.05) is 30.9 Å². The first-order valence-electron chi connectivity index (χ1n) is 10.7. The summed E-state index contributed by atoms with van der Waals surface area (Å²) in [5.41, 5.74) is 3.78. The molecular formula is C26H26N4O3. The maximum Gasteiger partial charge on any atom is 0.278 e. The average molecular weight is 443 g/mol. The quantitative estimate of drug-likeness (QED) is 0.533. The summed E-state index contributed by atoms with van der Waals surface area (Å²) in [6, 6.07) is 18.5. The Morgan fingerprint density at radius 3 is 2.30 bits per heavy atom. The van der Waals surface area contributed by atoms with E-state index >= 15 is 0 Å². The molecule has 168 valence electrons. The number of rotatable bonds is 8. The predicted molar refractivity (Wildman–Crippen MR) is 129 cm³/mol. The van der Waals surface area contributed by atoms with E-state index in [1.165, 1.54) is 4.90 Å². The fraction of sp³-hybridized carbons (Fsp3) is 0.192. The number of hydrogen-bond donors (Lipinski definition) is 1. The molecule has 0 radical (unpaired) electrons. The maximum absolute atomic E-state index is 13.4. The summed E-state index contributed by atoms with van der Waals surface area (Å²) in [5, 5.41) is 3.19. The van der Waals surface area contributed by atoms with Crippen LogP contribution in [0.2, 0.25) is 0 Å². The summed E-state index contributed by atoms with van der Waals surface area (Å²) in [6.07, 6.45) is 3.31. The minimum atomic E-state index is -0.371. The molecule has 0 aliphatic carbocycles. The van der Waals surface area contributed by atoms with E-state index < -0.39 is 0 Å². The second-order valence-corrected chi connectivity index (χ2v) is 7.83. The summed E-state index contributed by atoms with van der Waals surface area (Å²) in [7, 11) is 3.93. The second-order valence-electron chi connectivity index (χ2n) is 7.83. The first kappa shape index (κ1) is 22.1. The third-order valence-electron chi connectivity index (χ3n) is 5.34. The van der Waals surface area contributed by atoms with Crippen LogP contribution in [0, 0.1) is 0 Å². The third-order valence-corrected chi connectivity index (χ3v) is 5.34. The van der Waals surface area contributed by atoms with E-state index in [9.17, 15) is 9.59 Å². The zero-order chi connectivity index (χ0) is 23.4. The zero-order valence-electron chi connectivity index (χ0n) is 18.9. The molecule has 7 heteroatoms. The third kappa shape index (κ3) is 4.72. The van der Waals surface area contributed by atoms with Crippen molar-refractivity contribution < 1.29 is 14.3 Å². The number of aromatic nitrogens is 1. The Morgan fingerprint density at radius 1 is 0.970 bits per heavy atom. The summed E-state index contributed by atoms with van der Waals surface area (Å²) in [5.74, 6) is -0.00975. The van der Waals surface area contributed by atoms with Gasteiger partial charge < -0.3 is 15.0 Å². The molecule has 1 aliphatic heterocycles. The van der Waals surface area contributed by atoms with Crippen LogP contribution >= 0.6 is 0 Å². The van der Waals surface area contributed by atoms with Gasteiger partial charge in [-0.15, -0.1) is 0 Å². The first-order chi connectivity index (χ1) is 16.0. The lowest BCUT2D eigenvalue weighted by Crippen LogP contribution is -2.32. The minimum absolute atomic E-state index is 0.150. The van der Waals surface area contributed by atoms with Crippen LogP contribution in [-0.2, 0) is 16.1 Å². The van der Waals surface area contributed by atoms with Crippen molar-refractivity contribution in [2.24, 2.45) is 0 Å². The fourth-order valence-corrected chi connectivity index (χ4v) is 3.65. The van der Waals surface area contributed by atoms with Gasteiger partial charge in [-0.05, 0) is 60.5 Å². The topological polar surface area (TPSA) is 74.8 Å². The second kappa shape index (κ2) is 9.56. The van der Waals surface area contributed by atoms with Crippen molar-refractivity contribution in [3.63, 3.8) is 0 Å². The normalized spacial score (nSPS) is 13.5. The number of anilines is 2. The van der Waals surface area contributed by atoms with Crippen LogP contribution in [0.5, 0.6) is 5.75 Å². The predicted octanol–water partition coefficient (Wildman–Crippen LogP) is 3.94. The smallest absolute Gasteiger partial charge is 0.278 e. The maximum atomic E-state index is 13.4. The molecule has 0 unspecified atom stereocenters. The van der Waals surface area contributed by atoms with Gasteiger partial charge in [-0.3, -0.25) is 19.5 Å².